The minimum absolute atomic E-state index is 0.351. The van der Waals surface area contributed by atoms with Gasteiger partial charge in [0.15, 0.2) is 10.4 Å². The van der Waals surface area contributed by atoms with Crippen molar-refractivity contribution in [1.29, 1.82) is 0 Å². The van der Waals surface area contributed by atoms with Crippen LogP contribution in [0.25, 0.3) is 0 Å². The Morgan fingerprint density at radius 3 is 3.27 bits per heavy atom. The van der Waals surface area contributed by atoms with Gasteiger partial charge in [-0.2, -0.15) is 0 Å². The van der Waals surface area contributed by atoms with Crippen molar-refractivity contribution < 1.29 is 9.53 Å². The zero-order valence-electron chi connectivity index (χ0n) is 8.42. The van der Waals surface area contributed by atoms with Gasteiger partial charge in [-0.25, -0.2) is 9.78 Å². The van der Waals surface area contributed by atoms with Gasteiger partial charge in [0, 0.05) is 19.6 Å². The van der Waals surface area contributed by atoms with Crippen LogP contribution in [-0.2, 0) is 17.8 Å². The van der Waals surface area contributed by atoms with Crippen LogP contribution in [0.1, 0.15) is 23.1 Å². The zero-order valence-corrected chi connectivity index (χ0v) is 10.0. The van der Waals surface area contributed by atoms with Gasteiger partial charge in [0.2, 0.25) is 0 Å². The molecule has 2 rings (SSSR count). The van der Waals surface area contributed by atoms with Crippen LogP contribution in [0.5, 0.6) is 0 Å². The smallest absolute Gasteiger partial charge is 0.358 e. The summed E-state index contributed by atoms with van der Waals surface area (Å²) in [6.45, 7) is 4.53. The van der Waals surface area contributed by atoms with Crippen molar-refractivity contribution in [3.05, 3.63) is 16.1 Å². The molecule has 0 aliphatic carbocycles. The molecule has 1 aromatic heterocycles. The quantitative estimate of drug-likeness (QED) is 0.815. The minimum atomic E-state index is -0.351. The van der Waals surface area contributed by atoms with E-state index in [1.165, 1.54) is 0 Å². The molecular weight excluding hydrogens is 262 g/mol. The number of nitrogens with one attached hydrogen (secondary N) is 1. The highest BCUT2D eigenvalue weighted by molar-refractivity contribution is 9.10. The van der Waals surface area contributed by atoms with Gasteiger partial charge in [-0.15, -0.1) is 0 Å². The lowest BCUT2D eigenvalue weighted by Crippen LogP contribution is -2.29. The molecule has 0 amide bonds. The third-order valence-corrected chi connectivity index (χ3v) is 2.90. The molecule has 0 saturated carbocycles. The fourth-order valence-corrected chi connectivity index (χ4v) is 2.19. The molecule has 0 saturated heterocycles. The van der Waals surface area contributed by atoms with Gasteiger partial charge in [0.1, 0.15) is 0 Å². The van der Waals surface area contributed by atoms with Crippen molar-refractivity contribution in [2.45, 2.75) is 20.0 Å². The summed E-state index contributed by atoms with van der Waals surface area (Å²) in [5.74, 6) is -0.351. The Kier molecular flexibility index (Phi) is 3.06. The first-order valence-electron chi connectivity index (χ1n) is 4.86. The van der Waals surface area contributed by atoms with Gasteiger partial charge in [-0.1, -0.05) is 0 Å². The number of rotatable bonds is 2. The minimum Gasteiger partial charge on any atom is -0.461 e. The van der Waals surface area contributed by atoms with Gasteiger partial charge in [0.25, 0.3) is 0 Å². The summed E-state index contributed by atoms with van der Waals surface area (Å²) in [5.41, 5.74) is 1.31. The van der Waals surface area contributed by atoms with E-state index in [1.54, 1.807) is 6.92 Å². The molecule has 0 spiro atoms. The number of nitrogens with zero attached hydrogens (tertiary/aromatic N) is 2. The number of imidazole rings is 1. The largest absolute Gasteiger partial charge is 0.461 e. The normalized spacial score (nSPS) is 14.8. The number of ether oxygens (including phenoxy) is 1. The lowest BCUT2D eigenvalue weighted by molar-refractivity contribution is 0.0518. The molecule has 6 heteroatoms. The summed E-state index contributed by atoms with van der Waals surface area (Å²) in [6.07, 6.45) is 0. The zero-order chi connectivity index (χ0) is 10.8. The van der Waals surface area contributed by atoms with Gasteiger partial charge in [-0.3, -0.25) is 0 Å². The summed E-state index contributed by atoms with van der Waals surface area (Å²) >= 11 is 3.34. The van der Waals surface area contributed by atoms with E-state index in [4.69, 9.17) is 4.74 Å². The maximum atomic E-state index is 11.6. The molecule has 1 aliphatic heterocycles. The van der Waals surface area contributed by atoms with E-state index in [0.717, 1.165) is 18.8 Å². The molecule has 0 bridgehead atoms. The van der Waals surface area contributed by atoms with E-state index in [9.17, 15) is 4.79 Å². The van der Waals surface area contributed by atoms with Crippen LogP contribution in [0.3, 0.4) is 0 Å². The first-order valence-corrected chi connectivity index (χ1v) is 5.66. The first-order chi connectivity index (χ1) is 7.24. The third-order valence-electron chi connectivity index (χ3n) is 2.30. The number of halogens is 1. The number of carbonyl (C=O) groups is 1. The number of hydrogen-bond acceptors (Lipinski definition) is 4. The third kappa shape index (κ3) is 1.91. The Morgan fingerprint density at radius 1 is 1.73 bits per heavy atom. The molecule has 0 unspecified atom stereocenters. The fourth-order valence-electron chi connectivity index (χ4n) is 1.62. The average molecular weight is 274 g/mol. The summed E-state index contributed by atoms with van der Waals surface area (Å²) < 4.78 is 7.63. The SMILES string of the molecule is CCOC(=O)c1nc(Br)n2c1CNCC2. The Hall–Kier alpha value is -0.880. The molecule has 1 aliphatic rings. The Morgan fingerprint density at radius 2 is 2.53 bits per heavy atom. The highest BCUT2D eigenvalue weighted by Crippen LogP contribution is 2.19. The van der Waals surface area contributed by atoms with Crippen molar-refractivity contribution >= 4 is 21.9 Å². The van der Waals surface area contributed by atoms with Crippen LogP contribution in [-0.4, -0.2) is 28.7 Å². The second kappa shape index (κ2) is 4.32. The van der Waals surface area contributed by atoms with E-state index < -0.39 is 0 Å². The molecular formula is C9H12BrN3O2. The van der Waals surface area contributed by atoms with Crippen LogP contribution in [0.4, 0.5) is 0 Å². The molecule has 2 heterocycles. The lowest BCUT2D eigenvalue weighted by atomic mass is 10.3. The van der Waals surface area contributed by atoms with Crippen LogP contribution in [0.15, 0.2) is 4.73 Å². The van der Waals surface area contributed by atoms with Crippen molar-refractivity contribution in [2.24, 2.45) is 0 Å². The molecule has 5 nitrogen and oxygen atoms in total. The molecule has 0 radical (unpaired) electrons. The monoisotopic (exact) mass is 273 g/mol. The van der Waals surface area contributed by atoms with Gasteiger partial charge < -0.3 is 14.6 Å². The maximum absolute atomic E-state index is 11.6. The molecule has 0 aromatic carbocycles. The maximum Gasteiger partial charge on any atom is 0.358 e. The van der Waals surface area contributed by atoms with E-state index in [1.807, 2.05) is 4.57 Å². The summed E-state index contributed by atoms with van der Waals surface area (Å²) in [4.78, 5) is 15.8. The second-order valence-electron chi connectivity index (χ2n) is 3.23. The highest BCUT2D eigenvalue weighted by atomic mass is 79.9. The predicted octanol–water partition coefficient (Wildman–Crippen LogP) is 0.925. The molecule has 1 N–H and O–H groups in total. The van der Waals surface area contributed by atoms with Crippen molar-refractivity contribution in [3.8, 4) is 0 Å². The molecule has 0 fully saturated rings. The van der Waals surface area contributed by atoms with Gasteiger partial charge in [0.05, 0.1) is 12.3 Å². The number of aromatic nitrogens is 2. The summed E-state index contributed by atoms with van der Waals surface area (Å²) in [5, 5.41) is 3.20. The molecule has 15 heavy (non-hydrogen) atoms. The fraction of sp³-hybridized carbons (Fsp3) is 0.556. The predicted molar refractivity (Wildman–Crippen MR) is 57.6 cm³/mol. The van der Waals surface area contributed by atoms with Crippen LogP contribution >= 0.6 is 15.9 Å². The second-order valence-corrected chi connectivity index (χ2v) is 3.93. The van der Waals surface area contributed by atoms with Crippen LogP contribution in [0, 0.1) is 0 Å². The van der Waals surface area contributed by atoms with Gasteiger partial charge in [-0.05, 0) is 22.9 Å². The van der Waals surface area contributed by atoms with Crippen molar-refractivity contribution in [2.75, 3.05) is 13.2 Å². The van der Waals surface area contributed by atoms with E-state index in [2.05, 4.69) is 26.2 Å². The van der Waals surface area contributed by atoms with E-state index >= 15 is 0 Å². The summed E-state index contributed by atoms with van der Waals surface area (Å²) in [6, 6.07) is 0. The molecule has 1 aromatic rings. The van der Waals surface area contributed by atoms with E-state index in [-0.39, 0.29) is 5.97 Å². The Bertz CT molecular complexity index is 389. The number of carbonyl (C=O) groups excluding carboxylic acids is 1. The standard InChI is InChI=1S/C9H12BrN3O2/c1-2-15-8(14)7-6-5-11-3-4-13(6)9(10)12-7/h11H,2-5H2,1H3. The number of hydrogen-bond donors (Lipinski definition) is 1. The summed E-state index contributed by atoms with van der Waals surface area (Å²) in [7, 11) is 0. The topological polar surface area (TPSA) is 56.1 Å². The molecule has 82 valence electrons. The Balaban J connectivity index is 2.35. The van der Waals surface area contributed by atoms with Crippen molar-refractivity contribution in [3.63, 3.8) is 0 Å². The molecule has 0 atom stereocenters. The first kappa shape index (κ1) is 10.6. The van der Waals surface area contributed by atoms with Crippen LogP contribution < -0.4 is 5.32 Å². The number of esters is 1. The van der Waals surface area contributed by atoms with E-state index in [0.29, 0.717) is 23.6 Å². The highest BCUT2D eigenvalue weighted by Gasteiger charge is 2.23. The number of fused-ring (bicyclic) bond motifs is 1. The lowest BCUT2D eigenvalue weighted by Gasteiger charge is -2.16. The van der Waals surface area contributed by atoms with Crippen LogP contribution in [0.2, 0.25) is 0 Å². The van der Waals surface area contributed by atoms with Gasteiger partial charge >= 0.3 is 5.97 Å². The Labute approximate surface area is 95.9 Å². The average Bonchev–Trinajstić information content (AvgIpc) is 2.58. The van der Waals surface area contributed by atoms with Crippen molar-refractivity contribution in [1.82, 2.24) is 14.9 Å².